The van der Waals surface area contributed by atoms with Crippen LogP contribution in [0.2, 0.25) is 0 Å². The van der Waals surface area contributed by atoms with E-state index in [0.717, 1.165) is 21.9 Å². The van der Waals surface area contributed by atoms with Gasteiger partial charge >= 0.3 is 0 Å². The molecule has 3 aromatic rings. The highest BCUT2D eigenvalue weighted by atomic mass is 16.5. The molecule has 0 saturated heterocycles. The van der Waals surface area contributed by atoms with Gasteiger partial charge < -0.3 is 4.74 Å². The van der Waals surface area contributed by atoms with Gasteiger partial charge in [-0.05, 0) is 36.4 Å². The molecule has 4 heteroatoms. The van der Waals surface area contributed by atoms with Gasteiger partial charge in [0.2, 0.25) is 0 Å². The third-order valence-corrected chi connectivity index (χ3v) is 4.06. The molecule has 0 aromatic heterocycles. The summed E-state index contributed by atoms with van der Waals surface area (Å²) >= 11 is 0. The minimum atomic E-state index is -0.661. The molecule has 136 valence electrons. The van der Waals surface area contributed by atoms with E-state index in [2.05, 4.69) is 10.5 Å². The second-order valence-corrected chi connectivity index (χ2v) is 6.27. The summed E-state index contributed by atoms with van der Waals surface area (Å²) in [5, 5.41) is 6.07. The van der Waals surface area contributed by atoms with Crippen molar-refractivity contribution in [2.24, 2.45) is 5.10 Å². The Morgan fingerprint density at radius 3 is 2.52 bits per heavy atom. The van der Waals surface area contributed by atoms with E-state index >= 15 is 0 Å². The zero-order valence-corrected chi connectivity index (χ0v) is 15.4. The van der Waals surface area contributed by atoms with E-state index in [1.165, 1.54) is 0 Å². The van der Waals surface area contributed by atoms with Crippen molar-refractivity contribution in [3.8, 4) is 5.75 Å². The maximum atomic E-state index is 12.3. The van der Waals surface area contributed by atoms with Crippen molar-refractivity contribution < 1.29 is 9.53 Å². The van der Waals surface area contributed by atoms with Gasteiger partial charge in [-0.3, -0.25) is 4.79 Å². The van der Waals surface area contributed by atoms with Crippen LogP contribution in [0, 0.1) is 0 Å². The summed E-state index contributed by atoms with van der Waals surface area (Å²) in [5.74, 6) is 0.381. The van der Waals surface area contributed by atoms with Gasteiger partial charge in [0.15, 0.2) is 6.10 Å². The number of amides is 1. The number of rotatable bonds is 6. The van der Waals surface area contributed by atoms with Gasteiger partial charge in [-0.15, -0.1) is 0 Å². The van der Waals surface area contributed by atoms with E-state index < -0.39 is 6.10 Å². The number of fused-ring (bicyclic) bond motifs is 1. The Bertz CT molecular complexity index is 973. The predicted octanol–water partition coefficient (Wildman–Crippen LogP) is 4.81. The second kappa shape index (κ2) is 8.81. The highest BCUT2D eigenvalue weighted by molar-refractivity contribution is 5.89. The van der Waals surface area contributed by atoms with Crippen molar-refractivity contribution >= 4 is 29.0 Å². The van der Waals surface area contributed by atoms with Gasteiger partial charge in [0.25, 0.3) is 5.91 Å². The Morgan fingerprint density at radius 1 is 1.00 bits per heavy atom. The molecule has 0 aliphatic rings. The number of hydrazone groups is 1. The average molecular weight is 358 g/mol. The maximum Gasteiger partial charge on any atom is 0.280 e. The third kappa shape index (κ3) is 5.05. The van der Waals surface area contributed by atoms with Crippen LogP contribution >= 0.6 is 0 Å². The summed E-state index contributed by atoms with van der Waals surface area (Å²) in [6.45, 7) is 3.64. The number of benzene rings is 3. The van der Waals surface area contributed by atoms with Crippen LogP contribution in [0.1, 0.15) is 19.4 Å². The van der Waals surface area contributed by atoms with Crippen molar-refractivity contribution in [1.82, 2.24) is 5.43 Å². The monoisotopic (exact) mass is 358 g/mol. The Kier molecular flexibility index (Phi) is 6.00. The molecule has 1 unspecified atom stereocenters. The van der Waals surface area contributed by atoms with Crippen molar-refractivity contribution in [2.45, 2.75) is 20.0 Å². The van der Waals surface area contributed by atoms with Gasteiger partial charge in [-0.1, -0.05) is 72.8 Å². The van der Waals surface area contributed by atoms with E-state index in [-0.39, 0.29) is 5.91 Å². The number of allylic oxidation sites excluding steroid dienone is 1. The summed E-state index contributed by atoms with van der Waals surface area (Å²) < 4.78 is 5.84. The van der Waals surface area contributed by atoms with E-state index in [1.54, 1.807) is 13.1 Å². The third-order valence-electron chi connectivity index (χ3n) is 4.06. The number of nitrogens with zero attached hydrogens (tertiary/aromatic N) is 1. The number of carbonyl (C=O) groups excluding carboxylic acids is 1. The number of carbonyl (C=O) groups is 1. The Balaban J connectivity index is 1.60. The van der Waals surface area contributed by atoms with Gasteiger partial charge in [0, 0.05) is 5.39 Å². The highest BCUT2D eigenvalue weighted by Gasteiger charge is 2.15. The quantitative estimate of drug-likeness (QED) is 0.508. The molecule has 3 rings (SSSR count). The molecule has 27 heavy (non-hydrogen) atoms. The first kappa shape index (κ1) is 18.4. The van der Waals surface area contributed by atoms with Gasteiger partial charge in [-0.2, -0.15) is 5.10 Å². The Labute approximate surface area is 159 Å². The smallest absolute Gasteiger partial charge is 0.280 e. The largest absolute Gasteiger partial charge is 0.480 e. The number of hydrogen-bond donors (Lipinski definition) is 1. The molecule has 0 saturated carbocycles. The molecule has 0 heterocycles. The first-order valence-electron chi connectivity index (χ1n) is 8.84. The van der Waals surface area contributed by atoms with Gasteiger partial charge in [-0.25, -0.2) is 5.43 Å². The summed E-state index contributed by atoms with van der Waals surface area (Å²) in [4.78, 5) is 12.3. The van der Waals surface area contributed by atoms with Gasteiger partial charge in [0.05, 0.1) is 6.21 Å². The van der Waals surface area contributed by atoms with Crippen molar-refractivity contribution in [3.63, 3.8) is 0 Å². The molecule has 0 aliphatic carbocycles. The van der Waals surface area contributed by atoms with E-state index in [4.69, 9.17) is 4.74 Å². The van der Waals surface area contributed by atoms with Crippen molar-refractivity contribution in [3.05, 3.63) is 83.9 Å². The SMILES string of the molecule is CC(=C/c1ccccc1)/C=N/NC(=O)C(C)Oc1cccc2ccccc12. The fourth-order valence-electron chi connectivity index (χ4n) is 2.68. The molecule has 1 atom stereocenters. The number of ether oxygens (including phenoxy) is 1. The summed E-state index contributed by atoms with van der Waals surface area (Å²) in [5.41, 5.74) is 4.55. The Morgan fingerprint density at radius 2 is 1.70 bits per heavy atom. The second-order valence-electron chi connectivity index (χ2n) is 6.27. The standard InChI is InChI=1S/C23H22N2O2/c1-17(15-19-9-4-3-5-10-19)16-24-25-23(26)18(2)27-22-14-8-12-20-11-6-7-13-21(20)22/h3-16,18H,1-2H3,(H,25,26)/b17-15-,24-16+. The molecule has 0 spiro atoms. The molecule has 3 aromatic carbocycles. The van der Waals surface area contributed by atoms with Crippen molar-refractivity contribution in [1.29, 1.82) is 0 Å². The topological polar surface area (TPSA) is 50.7 Å². The molecule has 4 nitrogen and oxygen atoms in total. The number of nitrogens with one attached hydrogen (secondary N) is 1. The molecule has 0 bridgehead atoms. The van der Waals surface area contributed by atoms with Gasteiger partial charge in [0.1, 0.15) is 5.75 Å². The molecule has 0 aliphatic heterocycles. The fraction of sp³-hybridized carbons (Fsp3) is 0.130. The lowest BCUT2D eigenvalue weighted by atomic mass is 10.1. The average Bonchev–Trinajstić information content (AvgIpc) is 2.69. The van der Waals surface area contributed by atoms with E-state index in [0.29, 0.717) is 5.75 Å². The molecular formula is C23H22N2O2. The summed E-state index contributed by atoms with van der Waals surface area (Å²) in [7, 11) is 0. The molecule has 0 radical (unpaired) electrons. The lowest BCUT2D eigenvalue weighted by molar-refractivity contribution is -0.127. The van der Waals surface area contributed by atoms with Crippen LogP contribution in [0.3, 0.4) is 0 Å². The lowest BCUT2D eigenvalue weighted by Crippen LogP contribution is -2.33. The van der Waals surface area contributed by atoms with E-state index in [9.17, 15) is 4.79 Å². The maximum absolute atomic E-state index is 12.3. The molecule has 1 amide bonds. The Hall–Kier alpha value is -3.40. The zero-order valence-electron chi connectivity index (χ0n) is 15.4. The minimum absolute atomic E-state index is 0.299. The number of hydrogen-bond acceptors (Lipinski definition) is 3. The highest BCUT2D eigenvalue weighted by Crippen LogP contribution is 2.26. The van der Waals surface area contributed by atoms with Crippen LogP contribution in [0.5, 0.6) is 5.75 Å². The van der Waals surface area contributed by atoms with Crippen LogP contribution in [-0.2, 0) is 4.79 Å². The van der Waals surface area contributed by atoms with Crippen LogP contribution in [0.4, 0.5) is 0 Å². The normalized spacial score (nSPS) is 12.9. The first-order valence-corrected chi connectivity index (χ1v) is 8.84. The molecule has 1 N–H and O–H groups in total. The molecule has 0 fully saturated rings. The van der Waals surface area contributed by atoms with Crippen LogP contribution in [0.25, 0.3) is 16.8 Å². The van der Waals surface area contributed by atoms with Crippen LogP contribution in [0.15, 0.2) is 83.5 Å². The predicted molar refractivity (Wildman–Crippen MR) is 111 cm³/mol. The minimum Gasteiger partial charge on any atom is -0.480 e. The zero-order chi connectivity index (χ0) is 19.1. The fourth-order valence-corrected chi connectivity index (χ4v) is 2.68. The van der Waals surface area contributed by atoms with Crippen LogP contribution < -0.4 is 10.2 Å². The summed E-state index contributed by atoms with van der Waals surface area (Å²) in [6.07, 6.45) is 2.95. The summed E-state index contributed by atoms with van der Waals surface area (Å²) in [6, 6.07) is 23.6. The van der Waals surface area contributed by atoms with E-state index in [1.807, 2.05) is 85.8 Å². The van der Waals surface area contributed by atoms with Crippen molar-refractivity contribution in [2.75, 3.05) is 0 Å². The first-order chi connectivity index (χ1) is 13.1. The lowest BCUT2D eigenvalue weighted by Gasteiger charge is -2.14. The molecular weight excluding hydrogens is 336 g/mol. The van der Waals surface area contributed by atoms with Crippen LogP contribution in [-0.4, -0.2) is 18.2 Å².